The van der Waals surface area contributed by atoms with Crippen molar-refractivity contribution in [2.45, 2.75) is 19.4 Å². The lowest BCUT2D eigenvalue weighted by atomic mass is 10.1. The second-order valence-electron chi connectivity index (χ2n) is 5.80. The van der Waals surface area contributed by atoms with Gasteiger partial charge in [-0.2, -0.15) is 0 Å². The van der Waals surface area contributed by atoms with Gasteiger partial charge in [-0.1, -0.05) is 30.3 Å². The summed E-state index contributed by atoms with van der Waals surface area (Å²) in [6.45, 7) is 3.81. The van der Waals surface area contributed by atoms with E-state index in [1.54, 1.807) is 12.1 Å². The molecule has 2 aromatic carbocycles. The van der Waals surface area contributed by atoms with Gasteiger partial charge >= 0.3 is 0 Å². The van der Waals surface area contributed by atoms with Crippen molar-refractivity contribution < 1.29 is 9.50 Å². The first-order valence-corrected chi connectivity index (χ1v) is 8.26. The summed E-state index contributed by atoms with van der Waals surface area (Å²) < 4.78 is 13.3. The summed E-state index contributed by atoms with van der Waals surface area (Å²) in [4.78, 5) is 6.70. The first kappa shape index (κ1) is 19.7. The fourth-order valence-electron chi connectivity index (χ4n) is 2.95. The van der Waals surface area contributed by atoms with Crippen LogP contribution in [0.1, 0.15) is 24.2 Å². The number of para-hydroxylation sites is 1. The zero-order valence-corrected chi connectivity index (χ0v) is 16.5. The van der Waals surface area contributed by atoms with Gasteiger partial charge in [-0.3, -0.25) is 0 Å². The summed E-state index contributed by atoms with van der Waals surface area (Å²) in [6, 6.07) is 14.3. The summed E-state index contributed by atoms with van der Waals surface area (Å²) in [5.41, 5.74) is 2.99. The van der Waals surface area contributed by atoms with Gasteiger partial charge in [0.2, 0.25) is 0 Å². The van der Waals surface area contributed by atoms with E-state index in [9.17, 15) is 9.50 Å². The molecule has 2 N–H and O–H groups in total. The van der Waals surface area contributed by atoms with Crippen molar-refractivity contribution in [3.05, 3.63) is 65.5 Å². The van der Waals surface area contributed by atoms with Gasteiger partial charge in [0.05, 0.1) is 12.6 Å². The minimum atomic E-state index is -0.827. The van der Waals surface area contributed by atoms with Crippen molar-refractivity contribution >= 4 is 35.6 Å². The van der Waals surface area contributed by atoms with Crippen LogP contribution in [0.2, 0.25) is 0 Å². The van der Waals surface area contributed by atoms with Crippen molar-refractivity contribution in [3.8, 4) is 0 Å². The highest BCUT2D eigenvalue weighted by Gasteiger charge is 2.22. The summed E-state index contributed by atoms with van der Waals surface area (Å²) in [6.07, 6.45) is 0.153. The number of benzene rings is 2. The summed E-state index contributed by atoms with van der Waals surface area (Å²) in [5.74, 6) is 0.397. The molecule has 134 valence electrons. The number of aliphatic hydroxyl groups is 1. The molecule has 25 heavy (non-hydrogen) atoms. The predicted molar refractivity (Wildman–Crippen MR) is 110 cm³/mol. The summed E-state index contributed by atoms with van der Waals surface area (Å²) in [7, 11) is 0. The number of hydrogen-bond donors (Lipinski definition) is 2. The van der Waals surface area contributed by atoms with Gasteiger partial charge in [0, 0.05) is 18.8 Å². The third-order valence-corrected chi connectivity index (χ3v) is 4.13. The maximum atomic E-state index is 13.3. The zero-order chi connectivity index (χ0) is 16.9. The maximum absolute atomic E-state index is 13.3. The van der Waals surface area contributed by atoms with E-state index in [1.807, 2.05) is 19.1 Å². The lowest BCUT2D eigenvalue weighted by molar-refractivity contribution is 0.186. The summed E-state index contributed by atoms with van der Waals surface area (Å²) in [5, 5.41) is 13.6. The molecule has 0 saturated heterocycles. The lowest BCUT2D eigenvalue weighted by Gasteiger charge is -2.22. The maximum Gasteiger partial charge on any atom is 0.198 e. The van der Waals surface area contributed by atoms with Crippen LogP contribution in [0.4, 0.5) is 10.1 Å². The van der Waals surface area contributed by atoms with Crippen LogP contribution in [0.3, 0.4) is 0 Å². The number of anilines is 1. The number of aliphatic imine (C=N–C) groups is 1. The third-order valence-electron chi connectivity index (χ3n) is 4.13. The molecule has 4 nitrogen and oxygen atoms in total. The molecular weight excluding hydrogens is 432 g/mol. The summed E-state index contributed by atoms with van der Waals surface area (Å²) >= 11 is 0. The molecule has 0 aliphatic carbocycles. The van der Waals surface area contributed by atoms with Crippen molar-refractivity contribution in [3.63, 3.8) is 0 Å². The zero-order valence-electron chi connectivity index (χ0n) is 14.2. The Morgan fingerprint density at radius 2 is 2.08 bits per heavy atom. The SMILES string of the molecule is CCNC(=NCC(O)c1cccc(F)c1)N1CCc2ccccc21.I. The Labute approximate surface area is 164 Å². The molecule has 3 rings (SSSR count). The number of rotatable bonds is 4. The Bertz CT molecular complexity index is 738. The van der Waals surface area contributed by atoms with Crippen LogP contribution in [0.5, 0.6) is 0 Å². The molecule has 2 aromatic rings. The number of hydrogen-bond acceptors (Lipinski definition) is 2. The molecule has 0 radical (unpaired) electrons. The topological polar surface area (TPSA) is 47.9 Å². The highest BCUT2D eigenvalue weighted by molar-refractivity contribution is 14.0. The molecule has 1 aliphatic rings. The molecule has 0 saturated carbocycles. The minimum absolute atomic E-state index is 0. The van der Waals surface area contributed by atoms with Gasteiger partial charge in [0.25, 0.3) is 0 Å². The normalized spacial score (nSPS) is 14.7. The third kappa shape index (κ3) is 4.70. The van der Waals surface area contributed by atoms with Crippen molar-refractivity contribution in [1.29, 1.82) is 0 Å². The molecule has 1 atom stereocenters. The second kappa shape index (κ2) is 9.15. The average Bonchev–Trinajstić information content (AvgIpc) is 3.02. The van der Waals surface area contributed by atoms with E-state index in [0.29, 0.717) is 5.56 Å². The van der Waals surface area contributed by atoms with Gasteiger partial charge in [-0.25, -0.2) is 9.38 Å². The molecule has 1 aliphatic heterocycles. The van der Waals surface area contributed by atoms with Gasteiger partial charge in [0.15, 0.2) is 5.96 Å². The van der Waals surface area contributed by atoms with E-state index in [-0.39, 0.29) is 36.3 Å². The van der Waals surface area contributed by atoms with E-state index in [4.69, 9.17) is 0 Å². The highest BCUT2D eigenvalue weighted by Crippen LogP contribution is 2.27. The van der Waals surface area contributed by atoms with Crippen LogP contribution in [-0.4, -0.2) is 30.7 Å². The van der Waals surface area contributed by atoms with Crippen LogP contribution in [-0.2, 0) is 6.42 Å². The van der Waals surface area contributed by atoms with Gasteiger partial charge in [-0.05, 0) is 42.7 Å². The first-order valence-electron chi connectivity index (χ1n) is 8.26. The van der Waals surface area contributed by atoms with Crippen molar-refractivity contribution in [2.75, 3.05) is 24.5 Å². The molecule has 1 heterocycles. The van der Waals surface area contributed by atoms with E-state index in [1.165, 1.54) is 17.7 Å². The average molecular weight is 455 g/mol. The molecule has 0 aromatic heterocycles. The number of fused-ring (bicyclic) bond motifs is 1. The number of guanidine groups is 1. The Morgan fingerprint density at radius 3 is 2.84 bits per heavy atom. The van der Waals surface area contributed by atoms with E-state index in [0.717, 1.165) is 31.2 Å². The second-order valence-corrected chi connectivity index (χ2v) is 5.80. The van der Waals surface area contributed by atoms with Gasteiger partial charge in [-0.15, -0.1) is 24.0 Å². The molecular formula is C19H23FIN3O. The Kier molecular flexibility index (Phi) is 7.19. The van der Waals surface area contributed by atoms with Gasteiger partial charge < -0.3 is 15.3 Å². The van der Waals surface area contributed by atoms with Crippen molar-refractivity contribution in [1.82, 2.24) is 5.32 Å². The predicted octanol–water partition coefficient (Wildman–Crippen LogP) is 3.51. The smallest absolute Gasteiger partial charge is 0.198 e. The quantitative estimate of drug-likeness (QED) is 0.422. The molecule has 0 spiro atoms. The lowest BCUT2D eigenvalue weighted by Crippen LogP contribution is -2.40. The fourth-order valence-corrected chi connectivity index (χ4v) is 2.95. The Morgan fingerprint density at radius 1 is 1.28 bits per heavy atom. The largest absolute Gasteiger partial charge is 0.386 e. The van der Waals surface area contributed by atoms with Crippen LogP contribution in [0.25, 0.3) is 0 Å². The molecule has 6 heteroatoms. The Balaban J connectivity index is 0.00000225. The standard InChI is InChI=1S/C19H22FN3O.HI/c1-2-21-19(23-11-10-14-6-3-4-9-17(14)23)22-13-18(24)15-7-5-8-16(20)12-15;/h3-9,12,18,24H,2,10-11,13H2,1H3,(H,21,22);1H. The van der Waals surface area contributed by atoms with Crippen LogP contribution in [0.15, 0.2) is 53.5 Å². The molecule has 0 fully saturated rings. The number of nitrogens with zero attached hydrogens (tertiary/aromatic N) is 2. The van der Waals surface area contributed by atoms with E-state index < -0.39 is 6.10 Å². The van der Waals surface area contributed by atoms with Crippen LogP contribution >= 0.6 is 24.0 Å². The van der Waals surface area contributed by atoms with Crippen LogP contribution in [0, 0.1) is 5.82 Å². The molecule has 1 unspecified atom stereocenters. The number of aliphatic hydroxyl groups excluding tert-OH is 1. The Hall–Kier alpha value is -1.67. The van der Waals surface area contributed by atoms with Crippen LogP contribution < -0.4 is 10.2 Å². The van der Waals surface area contributed by atoms with Crippen molar-refractivity contribution in [2.24, 2.45) is 4.99 Å². The monoisotopic (exact) mass is 455 g/mol. The number of nitrogens with one attached hydrogen (secondary N) is 1. The van der Waals surface area contributed by atoms with E-state index in [2.05, 4.69) is 27.3 Å². The molecule has 0 amide bonds. The fraction of sp³-hybridized carbons (Fsp3) is 0.316. The number of halogens is 2. The highest BCUT2D eigenvalue weighted by atomic mass is 127. The first-order chi connectivity index (χ1) is 11.7. The molecule has 0 bridgehead atoms. The van der Waals surface area contributed by atoms with E-state index >= 15 is 0 Å². The van der Waals surface area contributed by atoms with Gasteiger partial charge in [0.1, 0.15) is 5.82 Å². The minimum Gasteiger partial charge on any atom is -0.386 e.